The van der Waals surface area contributed by atoms with Crippen LogP contribution in [0.3, 0.4) is 0 Å². The van der Waals surface area contributed by atoms with Gasteiger partial charge in [0.25, 0.3) is 8.32 Å². The third-order valence-electron chi connectivity index (χ3n) is 4.27. The van der Waals surface area contributed by atoms with Crippen LogP contribution in [0.5, 0.6) is 17.2 Å². The second kappa shape index (κ2) is 6.73. The molecule has 1 rings (SSSR count). The number of rotatable bonds is 6. The van der Waals surface area contributed by atoms with E-state index in [9.17, 15) is 4.79 Å². The van der Waals surface area contributed by atoms with Gasteiger partial charge in [0.05, 0.1) is 19.8 Å². The quantitative estimate of drug-likeness (QED) is 0.563. The van der Waals surface area contributed by atoms with Crippen molar-refractivity contribution in [3.05, 3.63) is 17.7 Å². The molecule has 1 aromatic carbocycles. The van der Waals surface area contributed by atoms with Crippen molar-refractivity contribution in [1.29, 1.82) is 0 Å². The van der Waals surface area contributed by atoms with E-state index in [-0.39, 0.29) is 10.8 Å². The molecule has 0 unspecified atom stereocenters. The summed E-state index contributed by atoms with van der Waals surface area (Å²) in [4.78, 5) is 12.3. The lowest BCUT2D eigenvalue weighted by Crippen LogP contribution is -2.44. The fraction of sp³-hybridized carbons (Fsp3) is 0.588. The van der Waals surface area contributed by atoms with Crippen LogP contribution in [-0.2, 0) is 0 Å². The minimum atomic E-state index is -2.08. The lowest BCUT2D eigenvalue weighted by atomic mass is 10.1. The van der Waals surface area contributed by atoms with Crippen LogP contribution in [0.4, 0.5) is 0 Å². The summed E-state index contributed by atoms with van der Waals surface area (Å²) >= 11 is 0. The molecule has 0 saturated heterocycles. The molecule has 0 heterocycles. The first-order valence-corrected chi connectivity index (χ1v) is 10.5. The third kappa shape index (κ3) is 3.83. The van der Waals surface area contributed by atoms with Gasteiger partial charge in [0.2, 0.25) is 0 Å². The van der Waals surface area contributed by atoms with Crippen molar-refractivity contribution in [2.75, 3.05) is 14.2 Å². The zero-order valence-electron chi connectivity index (χ0n) is 15.0. The summed E-state index contributed by atoms with van der Waals surface area (Å²) in [5.74, 6) is 1.70. The van der Waals surface area contributed by atoms with Crippen molar-refractivity contribution in [3.63, 3.8) is 0 Å². The number of benzene rings is 1. The van der Waals surface area contributed by atoms with Gasteiger partial charge in [-0.3, -0.25) is 4.79 Å². The molecule has 0 N–H and O–H groups in total. The van der Waals surface area contributed by atoms with E-state index in [1.54, 1.807) is 26.4 Å². The van der Waals surface area contributed by atoms with E-state index in [1.165, 1.54) is 0 Å². The average Bonchev–Trinajstić information content (AvgIpc) is 2.44. The Hall–Kier alpha value is -1.49. The molecule has 4 nitrogen and oxygen atoms in total. The maximum atomic E-state index is 12.3. The topological polar surface area (TPSA) is 44.8 Å². The SMILES string of the molecule is CCC(=O)c1cc(OC)cc(OC)c1O[Si](C)(C)C(C)(C)C. The molecule has 0 atom stereocenters. The minimum Gasteiger partial charge on any atom is -0.541 e. The molecule has 22 heavy (non-hydrogen) atoms. The molecule has 0 saturated carbocycles. The summed E-state index contributed by atoms with van der Waals surface area (Å²) in [5.41, 5.74) is 0.531. The number of hydrogen-bond acceptors (Lipinski definition) is 4. The molecule has 124 valence electrons. The van der Waals surface area contributed by atoms with Crippen LogP contribution in [0.1, 0.15) is 44.5 Å². The van der Waals surface area contributed by atoms with E-state index in [1.807, 2.05) is 6.92 Å². The molecule has 0 radical (unpaired) electrons. The molecule has 0 aliphatic rings. The number of ether oxygens (including phenoxy) is 2. The Kier molecular flexibility index (Phi) is 5.68. The molecule has 0 spiro atoms. The lowest BCUT2D eigenvalue weighted by Gasteiger charge is -2.37. The van der Waals surface area contributed by atoms with E-state index in [2.05, 4.69) is 33.9 Å². The van der Waals surface area contributed by atoms with Gasteiger partial charge in [0.15, 0.2) is 17.3 Å². The van der Waals surface area contributed by atoms with Gasteiger partial charge >= 0.3 is 0 Å². The second-order valence-electron chi connectivity index (χ2n) is 6.85. The third-order valence-corrected chi connectivity index (χ3v) is 8.60. The van der Waals surface area contributed by atoms with Crippen LogP contribution < -0.4 is 13.9 Å². The molecule has 0 aliphatic carbocycles. The van der Waals surface area contributed by atoms with Crippen molar-refractivity contribution >= 4 is 14.1 Å². The molecular weight excluding hydrogens is 296 g/mol. The van der Waals surface area contributed by atoms with Crippen LogP contribution in [-0.4, -0.2) is 28.3 Å². The van der Waals surface area contributed by atoms with E-state index >= 15 is 0 Å². The Morgan fingerprint density at radius 3 is 2.14 bits per heavy atom. The first-order valence-electron chi connectivity index (χ1n) is 7.55. The number of Topliss-reactive ketones (excluding diaryl/α,β-unsaturated/α-hetero) is 1. The predicted molar refractivity (Wildman–Crippen MR) is 92.0 cm³/mol. The summed E-state index contributed by atoms with van der Waals surface area (Å²) in [6.45, 7) is 12.6. The monoisotopic (exact) mass is 324 g/mol. The van der Waals surface area contributed by atoms with Gasteiger partial charge in [-0.1, -0.05) is 27.7 Å². The second-order valence-corrected chi connectivity index (χ2v) is 11.6. The molecule has 5 heteroatoms. The highest BCUT2D eigenvalue weighted by molar-refractivity contribution is 6.74. The predicted octanol–water partition coefficient (Wildman–Crippen LogP) is 4.68. The van der Waals surface area contributed by atoms with E-state index in [4.69, 9.17) is 13.9 Å². The van der Waals surface area contributed by atoms with Crippen molar-refractivity contribution in [2.45, 2.75) is 52.2 Å². The van der Waals surface area contributed by atoms with Crippen molar-refractivity contribution < 1.29 is 18.7 Å². The number of carbonyl (C=O) groups is 1. The maximum Gasteiger partial charge on any atom is 0.250 e. The lowest BCUT2D eigenvalue weighted by molar-refractivity contribution is 0.0985. The maximum absolute atomic E-state index is 12.3. The van der Waals surface area contributed by atoms with Crippen LogP contribution in [0.25, 0.3) is 0 Å². The van der Waals surface area contributed by atoms with Gasteiger partial charge in [-0.25, -0.2) is 0 Å². The molecule has 0 aliphatic heterocycles. The van der Waals surface area contributed by atoms with Crippen LogP contribution in [0, 0.1) is 0 Å². The molecule has 1 aromatic rings. The first-order chi connectivity index (χ1) is 10.1. The zero-order chi connectivity index (χ0) is 17.1. The summed E-state index contributed by atoms with van der Waals surface area (Å²) in [7, 11) is 1.07. The van der Waals surface area contributed by atoms with Crippen LogP contribution in [0.15, 0.2) is 12.1 Å². The minimum absolute atomic E-state index is 0.0194. The molecule has 0 amide bonds. The van der Waals surface area contributed by atoms with Crippen LogP contribution in [0.2, 0.25) is 18.1 Å². The standard InChI is InChI=1S/C17H28O4Si/c1-9-14(18)13-10-12(19-5)11-15(20-6)16(13)21-22(7,8)17(2,3)4/h10-11H,9H2,1-8H3. The van der Waals surface area contributed by atoms with E-state index < -0.39 is 8.32 Å². The van der Waals surface area contributed by atoms with Crippen molar-refractivity contribution in [3.8, 4) is 17.2 Å². The van der Waals surface area contributed by atoms with Gasteiger partial charge in [-0.2, -0.15) is 0 Å². The zero-order valence-corrected chi connectivity index (χ0v) is 16.0. The van der Waals surface area contributed by atoms with Crippen molar-refractivity contribution in [1.82, 2.24) is 0 Å². The van der Waals surface area contributed by atoms with Crippen LogP contribution >= 0.6 is 0 Å². The molecule has 0 fully saturated rings. The Morgan fingerprint density at radius 2 is 1.73 bits per heavy atom. The number of ketones is 1. The fourth-order valence-electron chi connectivity index (χ4n) is 1.76. The highest BCUT2D eigenvalue weighted by Gasteiger charge is 2.40. The first kappa shape index (κ1) is 18.6. The summed E-state index contributed by atoms with van der Waals surface area (Å²) in [5, 5.41) is 0.0322. The molecule has 0 bridgehead atoms. The fourth-order valence-corrected chi connectivity index (χ4v) is 2.78. The average molecular weight is 324 g/mol. The van der Waals surface area contributed by atoms with Gasteiger partial charge < -0.3 is 13.9 Å². The summed E-state index contributed by atoms with van der Waals surface area (Å²) in [6.07, 6.45) is 0.407. The van der Waals surface area contributed by atoms with E-state index in [0.717, 1.165) is 0 Å². The van der Waals surface area contributed by atoms with E-state index in [0.29, 0.717) is 29.2 Å². The summed E-state index contributed by atoms with van der Waals surface area (Å²) in [6, 6.07) is 3.49. The number of carbonyl (C=O) groups excluding carboxylic acids is 1. The van der Waals surface area contributed by atoms with Gasteiger partial charge in [0, 0.05) is 12.5 Å². The Morgan fingerprint density at radius 1 is 1.14 bits per heavy atom. The number of methoxy groups -OCH3 is 2. The summed E-state index contributed by atoms with van der Waals surface area (Å²) < 4.78 is 17.1. The largest absolute Gasteiger partial charge is 0.541 e. The Balaban J connectivity index is 3.47. The van der Waals surface area contributed by atoms with Gasteiger partial charge in [-0.05, 0) is 24.2 Å². The molecular formula is C17H28O4Si. The highest BCUT2D eigenvalue weighted by Crippen LogP contribution is 2.43. The Labute approximate surface area is 134 Å². The van der Waals surface area contributed by atoms with Crippen molar-refractivity contribution in [2.24, 2.45) is 0 Å². The number of hydrogen-bond donors (Lipinski definition) is 0. The molecule has 0 aromatic heterocycles. The van der Waals surface area contributed by atoms with Gasteiger partial charge in [-0.15, -0.1) is 0 Å². The smallest absolute Gasteiger partial charge is 0.250 e. The van der Waals surface area contributed by atoms with Gasteiger partial charge in [0.1, 0.15) is 5.75 Å². The highest BCUT2D eigenvalue weighted by atomic mass is 28.4. The normalized spacial score (nSPS) is 12.0. The Bertz CT molecular complexity index is 544.